The molecule has 0 N–H and O–H groups in total. The molecule has 0 aliphatic heterocycles. The van der Waals surface area contributed by atoms with Gasteiger partial charge >= 0.3 is 0 Å². The van der Waals surface area contributed by atoms with Crippen molar-refractivity contribution in [1.29, 1.82) is 0 Å². The highest BCUT2D eigenvalue weighted by atomic mass is 14.1. The van der Waals surface area contributed by atoms with Crippen molar-refractivity contribution < 1.29 is 0 Å². The molecule has 0 nitrogen and oxygen atoms in total. The van der Waals surface area contributed by atoms with E-state index < -0.39 is 0 Å². The second-order valence-electron chi connectivity index (χ2n) is 3.06. The van der Waals surface area contributed by atoms with Crippen molar-refractivity contribution in [2.75, 3.05) is 0 Å². The van der Waals surface area contributed by atoms with Gasteiger partial charge in [0.05, 0.1) is 0 Å². The minimum absolute atomic E-state index is 0.691. The summed E-state index contributed by atoms with van der Waals surface area (Å²) in [5.41, 5.74) is 1.38. The molecule has 0 radical (unpaired) electrons. The molecular weight excluding hydrogens is 132 g/mol. The van der Waals surface area contributed by atoms with E-state index in [1.807, 2.05) is 0 Å². The Balaban J connectivity index is 3.51. The second kappa shape index (κ2) is 6.21. The third-order valence-electron chi connectivity index (χ3n) is 2.15. The Morgan fingerprint density at radius 3 is 2.64 bits per heavy atom. The first-order valence-corrected chi connectivity index (χ1v) is 4.51. The number of hydrogen-bond donors (Lipinski definition) is 0. The summed E-state index contributed by atoms with van der Waals surface area (Å²) >= 11 is 0. The topological polar surface area (TPSA) is 0 Å². The molecule has 0 rings (SSSR count). The first-order chi connectivity index (χ1) is 5.22. The second-order valence-corrected chi connectivity index (χ2v) is 3.06. The first-order valence-electron chi connectivity index (χ1n) is 4.51. The van der Waals surface area contributed by atoms with Gasteiger partial charge in [-0.05, 0) is 32.1 Å². The fourth-order valence-corrected chi connectivity index (χ4v) is 1.07. The standard InChI is InChI=1S/C11H20/c1-5-7-8-9-11(4)10(3)6-2/h5,7,11H,3,6,8-9H2,1-2,4H3. The molecule has 0 saturated heterocycles. The zero-order chi connectivity index (χ0) is 8.69. The Morgan fingerprint density at radius 2 is 2.18 bits per heavy atom. The summed E-state index contributed by atoms with van der Waals surface area (Å²) in [6.07, 6.45) is 7.89. The molecule has 0 bridgehead atoms. The molecule has 0 aliphatic rings. The van der Waals surface area contributed by atoms with E-state index in [4.69, 9.17) is 0 Å². The monoisotopic (exact) mass is 152 g/mol. The van der Waals surface area contributed by atoms with Gasteiger partial charge in [-0.1, -0.05) is 38.2 Å². The van der Waals surface area contributed by atoms with Crippen LogP contribution in [0.2, 0.25) is 0 Å². The van der Waals surface area contributed by atoms with Crippen LogP contribution in [-0.4, -0.2) is 0 Å². The lowest BCUT2D eigenvalue weighted by atomic mass is 9.95. The summed E-state index contributed by atoms with van der Waals surface area (Å²) in [5.74, 6) is 0.691. The van der Waals surface area contributed by atoms with E-state index >= 15 is 0 Å². The smallest absolute Gasteiger partial charge is 0.0232 e. The van der Waals surface area contributed by atoms with Crippen LogP contribution in [0.3, 0.4) is 0 Å². The van der Waals surface area contributed by atoms with Crippen molar-refractivity contribution in [3.05, 3.63) is 24.3 Å². The van der Waals surface area contributed by atoms with E-state index in [-0.39, 0.29) is 0 Å². The van der Waals surface area contributed by atoms with E-state index in [1.165, 1.54) is 18.4 Å². The lowest BCUT2D eigenvalue weighted by Crippen LogP contribution is -1.96. The Labute approximate surface area is 71.0 Å². The summed E-state index contributed by atoms with van der Waals surface area (Å²) in [7, 11) is 0. The van der Waals surface area contributed by atoms with Gasteiger partial charge < -0.3 is 0 Å². The highest BCUT2D eigenvalue weighted by Gasteiger charge is 2.02. The van der Waals surface area contributed by atoms with Gasteiger partial charge in [-0.3, -0.25) is 0 Å². The van der Waals surface area contributed by atoms with Crippen molar-refractivity contribution in [3.63, 3.8) is 0 Å². The van der Waals surface area contributed by atoms with Crippen molar-refractivity contribution in [1.82, 2.24) is 0 Å². The Kier molecular flexibility index (Phi) is 5.91. The van der Waals surface area contributed by atoms with Crippen molar-refractivity contribution in [3.8, 4) is 0 Å². The van der Waals surface area contributed by atoms with Crippen LogP contribution >= 0.6 is 0 Å². The summed E-state index contributed by atoms with van der Waals surface area (Å²) < 4.78 is 0. The van der Waals surface area contributed by atoms with Gasteiger partial charge in [-0.2, -0.15) is 0 Å². The molecule has 0 aliphatic carbocycles. The minimum Gasteiger partial charge on any atom is -0.0996 e. The lowest BCUT2D eigenvalue weighted by Gasteiger charge is -2.10. The third-order valence-corrected chi connectivity index (χ3v) is 2.15. The predicted molar refractivity (Wildman–Crippen MR) is 52.6 cm³/mol. The van der Waals surface area contributed by atoms with Crippen molar-refractivity contribution >= 4 is 0 Å². The van der Waals surface area contributed by atoms with Crippen LogP contribution in [0.5, 0.6) is 0 Å². The zero-order valence-corrected chi connectivity index (χ0v) is 8.06. The molecule has 1 unspecified atom stereocenters. The maximum Gasteiger partial charge on any atom is -0.0232 e. The maximum atomic E-state index is 4.03. The Hall–Kier alpha value is -0.520. The zero-order valence-electron chi connectivity index (χ0n) is 8.06. The van der Waals surface area contributed by atoms with Crippen LogP contribution in [0.1, 0.15) is 40.0 Å². The number of allylic oxidation sites excluding steroid dienone is 3. The van der Waals surface area contributed by atoms with Gasteiger partial charge in [0.2, 0.25) is 0 Å². The van der Waals surface area contributed by atoms with Crippen LogP contribution in [0.25, 0.3) is 0 Å². The summed E-state index contributed by atoms with van der Waals surface area (Å²) in [6.45, 7) is 10.5. The molecule has 0 aromatic carbocycles. The highest BCUT2D eigenvalue weighted by molar-refractivity contribution is 4.98. The van der Waals surface area contributed by atoms with Crippen LogP contribution in [0.15, 0.2) is 24.3 Å². The van der Waals surface area contributed by atoms with Gasteiger partial charge in [0, 0.05) is 0 Å². The molecule has 0 aromatic heterocycles. The van der Waals surface area contributed by atoms with Gasteiger partial charge in [-0.15, -0.1) is 0 Å². The molecule has 0 heteroatoms. The first kappa shape index (κ1) is 10.5. The molecule has 0 fully saturated rings. The molecule has 64 valence electrons. The maximum absolute atomic E-state index is 4.03. The van der Waals surface area contributed by atoms with E-state index in [2.05, 4.69) is 39.5 Å². The third kappa shape index (κ3) is 4.83. The van der Waals surface area contributed by atoms with Gasteiger partial charge in [-0.25, -0.2) is 0 Å². The Morgan fingerprint density at radius 1 is 1.55 bits per heavy atom. The fraction of sp³-hybridized carbons (Fsp3) is 0.636. The van der Waals surface area contributed by atoms with E-state index in [0.29, 0.717) is 5.92 Å². The van der Waals surface area contributed by atoms with Gasteiger partial charge in [0.15, 0.2) is 0 Å². The molecule has 1 atom stereocenters. The average molecular weight is 152 g/mol. The molecule has 0 heterocycles. The highest BCUT2D eigenvalue weighted by Crippen LogP contribution is 2.17. The fourth-order valence-electron chi connectivity index (χ4n) is 1.07. The van der Waals surface area contributed by atoms with E-state index in [1.54, 1.807) is 0 Å². The summed E-state index contributed by atoms with van der Waals surface area (Å²) in [5, 5.41) is 0. The molecule has 0 amide bonds. The quantitative estimate of drug-likeness (QED) is 0.523. The van der Waals surface area contributed by atoms with E-state index in [9.17, 15) is 0 Å². The van der Waals surface area contributed by atoms with E-state index in [0.717, 1.165) is 6.42 Å². The predicted octanol–water partition coefficient (Wildman–Crippen LogP) is 3.95. The molecular formula is C11H20. The van der Waals surface area contributed by atoms with Crippen LogP contribution < -0.4 is 0 Å². The van der Waals surface area contributed by atoms with Crippen molar-refractivity contribution in [2.24, 2.45) is 5.92 Å². The lowest BCUT2D eigenvalue weighted by molar-refractivity contribution is 0.605. The number of hydrogen-bond acceptors (Lipinski definition) is 0. The molecule has 0 aromatic rings. The number of rotatable bonds is 5. The molecule has 0 spiro atoms. The normalized spacial score (nSPS) is 13.7. The van der Waals surface area contributed by atoms with Gasteiger partial charge in [0.1, 0.15) is 0 Å². The SMILES string of the molecule is C=C(CC)C(C)CCC=CC. The largest absolute Gasteiger partial charge is 0.0996 e. The van der Waals surface area contributed by atoms with Crippen LogP contribution in [-0.2, 0) is 0 Å². The molecule has 11 heavy (non-hydrogen) atoms. The summed E-state index contributed by atoms with van der Waals surface area (Å²) in [6, 6.07) is 0. The minimum atomic E-state index is 0.691. The Bertz CT molecular complexity index is 131. The average Bonchev–Trinajstić information content (AvgIpc) is 2.03. The van der Waals surface area contributed by atoms with Crippen LogP contribution in [0.4, 0.5) is 0 Å². The molecule has 0 saturated carbocycles. The van der Waals surface area contributed by atoms with Crippen LogP contribution in [0, 0.1) is 5.92 Å². The van der Waals surface area contributed by atoms with Gasteiger partial charge in [0.25, 0.3) is 0 Å². The summed E-state index contributed by atoms with van der Waals surface area (Å²) in [4.78, 5) is 0. The van der Waals surface area contributed by atoms with Crippen molar-refractivity contribution in [2.45, 2.75) is 40.0 Å².